The standard InChI is InChI=1S/C14H13BrN2O2/c1-9-7-13(16-8-12(9)15)17-11-5-3-10(4-6-11)14(18)19-2/h3-8H,1-2H3,(H,16,17). The van der Waals surface area contributed by atoms with Gasteiger partial charge in [-0.05, 0) is 58.7 Å². The lowest BCUT2D eigenvalue weighted by molar-refractivity contribution is 0.0601. The highest BCUT2D eigenvalue weighted by molar-refractivity contribution is 9.10. The van der Waals surface area contributed by atoms with E-state index >= 15 is 0 Å². The Morgan fingerprint density at radius 1 is 1.32 bits per heavy atom. The van der Waals surface area contributed by atoms with Crippen molar-refractivity contribution in [2.45, 2.75) is 6.92 Å². The fourth-order valence-electron chi connectivity index (χ4n) is 1.56. The van der Waals surface area contributed by atoms with Gasteiger partial charge in [0.1, 0.15) is 5.82 Å². The molecule has 98 valence electrons. The van der Waals surface area contributed by atoms with Gasteiger partial charge in [0.25, 0.3) is 0 Å². The predicted molar refractivity (Wildman–Crippen MR) is 77.7 cm³/mol. The van der Waals surface area contributed by atoms with E-state index in [1.807, 2.05) is 25.1 Å². The fourth-order valence-corrected chi connectivity index (χ4v) is 1.78. The van der Waals surface area contributed by atoms with Crippen LogP contribution in [0.5, 0.6) is 0 Å². The molecule has 0 bridgehead atoms. The van der Waals surface area contributed by atoms with Gasteiger partial charge in [0.15, 0.2) is 0 Å². The molecule has 0 saturated heterocycles. The highest BCUT2D eigenvalue weighted by atomic mass is 79.9. The molecule has 0 spiro atoms. The van der Waals surface area contributed by atoms with Crippen LogP contribution in [-0.2, 0) is 4.74 Å². The zero-order valence-electron chi connectivity index (χ0n) is 10.6. The number of aromatic nitrogens is 1. The van der Waals surface area contributed by atoms with Crippen LogP contribution in [0.4, 0.5) is 11.5 Å². The van der Waals surface area contributed by atoms with E-state index in [4.69, 9.17) is 0 Å². The number of ether oxygens (including phenoxy) is 1. The summed E-state index contributed by atoms with van der Waals surface area (Å²) in [4.78, 5) is 15.6. The third-order valence-corrected chi connectivity index (χ3v) is 3.46. The number of carbonyl (C=O) groups excluding carboxylic acids is 1. The first kappa shape index (κ1) is 13.5. The lowest BCUT2D eigenvalue weighted by Gasteiger charge is -2.07. The van der Waals surface area contributed by atoms with E-state index in [1.165, 1.54) is 7.11 Å². The Labute approximate surface area is 119 Å². The molecule has 0 saturated carbocycles. The van der Waals surface area contributed by atoms with Gasteiger partial charge in [-0.25, -0.2) is 9.78 Å². The number of pyridine rings is 1. The maximum absolute atomic E-state index is 11.3. The second kappa shape index (κ2) is 5.84. The lowest BCUT2D eigenvalue weighted by atomic mass is 10.2. The summed E-state index contributed by atoms with van der Waals surface area (Å²) in [6.07, 6.45) is 1.75. The van der Waals surface area contributed by atoms with E-state index < -0.39 is 0 Å². The zero-order chi connectivity index (χ0) is 13.8. The van der Waals surface area contributed by atoms with Crippen LogP contribution in [0.25, 0.3) is 0 Å². The SMILES string of the molecule is COC(=O)c1ccc(Nc2cc(C)c(Br)cn2)cc1. The number of rotatable bonds is 3. The maximum atomic E-state index is 11.3. The second-order valence-electron chi connectivity index (χ2n) is 4.01. The van der Waals surface area contributed by atoms with Gasteiger partial charge in [-0.3, -0.25) is 0 Å². The van der Waals surface area contributed by atoms with Crippen LogP contribution in [0.3, 0.4) is 0 Å². The highest BCUT2D eigenvalue weighted by Crippen LogP contribution is 2.20. The molecule has 1 aromatic heterocycles. The average molecular weight is 321 g/mol. The van der Waals surface area contributed by atoms with E-state index in [0.717, 1.165) is 21.5 Å². The van der Waals surface area contributed by atoms with Crippen LogP contribution in [0.15, 0.2) is 41.0 Å². The van der Waals surface area contributed by atoms with E-state index in [2.05, 4.69) is 31.0 Å². The summed E-state index contributed by atoms with van der Waals surface area (Å²) in [5.74, 6) is 0.413. The molecule has 0 atom stereocenters. The largest absolute Gasteiger partial charge is 0.465 e. The number of halogens is 1. The summed E-state index contributed by atoms with van der Waals surface area (Å²) in [5.41, 5.74) is 2.48. The van der Waals surface area contributed by atoms with E-state index in [-0.39, 0.29) is 5.97 Å². The van der Waals surface area contributed by atoms with Gasteiger partial charge >= 0.3 is 5.97 Å². The number of nitrogens with zero attached hydrogens (tertiary/aromatic N) is 1. The molecule has 0 aliphatic carbocycles. The zero-order valence-corrected chi connectivity index (χ0v) is 12.2. The highest BCUT2D eigenvalue weighted by Gasteiger charge is 2.05. The number of anilines is 2. The van der Waals surface area contributed by atoms with Crippen molar-refractivity contribution in [2.24, 2.45) is 0 Å². The van der Waals surface area contributed by atoms with Crippen molar-refractivity contribution in [3.63, 3.8) is 0 Å². The van der Waals surface area contributed by atoms with E-state index in [1.54, 1.807) is 18.3 Å². The Balaban J connectivity index is 2.15. The molecule has 0 radical (unpaired) electrons. The smallest absolute Gasteiger partial charge is 0.337 e. The van der Waals surface area contributed by atoms with Crippen LogP contribution in [0.2, 0.25) is 0 Å². The summed E-state index contributed by atoms with van der Waals surface area (Å²) in [6.45, 7) is 2.00. The van der Waals surface area contributed by atoms with E-state index in [9.17, 15) is 4.79 Å². The monoisotopic (exact) mass is 320 g/mol. The first-order valence-electron chi connectivity index (χ1n) is 5.67. The lowest BCUT2D eigenvalue weighted by Crippen LogP contribution is -2.01. The average Bonchev–Trinajstić information content (AvgIpc) is 2.43. The minimum atomic E-state index is -0.343. The fraction of sp³-hybridized carbons (Fsp3) is 0.143. The number of carbonyl (C=O) groups is 1. The quantitative estimate of drug-likeness (QED) is 0.876. The molecule has 0 fully saturated rings. The van der Waals surface area contributed by atoms with Crippen molar-refractivity contribution in [2.75, 3.05) is 12.4 Å². The van der Waals surface area contributed by atoms with Gasteiger partial charge < -0.3 is 10.1 Å². The van der Waals surface area contributed by atoms with Crippen molar-refractivity contribution in [1.29, 1.82) is 0 Å². The summed E-state index contributed by atoms with van der Waals surface area (Å²) in [5, 5.41) is 3.17. The minimum absolute atomic E-state index is 0.343. The van der Waals surface area contributed by atoms with Crippen LogP contribution >= 0.6 is 15.9 Å². The van der Waals surface area contributed by atoms with Crippen molar-refractivity contribution >= 4 is 33.4 Å². The second-order valence-corrected chi connectivity index (χ2v) is 4.87. The molecule has 19 heavy (non-hydrogen) atoms. The molecule has 0 unspecified atom stereocenters. The molecule has 1 N–H and O–H groups in total. The molecule has 0 aliphatic rings. The van der Waals surface area contributed by atoms with Gasteiger partial charge in [0, 0.05) is 16.4 Å². The number of methoxy groups -OCH3 is 1. The third kappa shape index (κ3) is 3.32. The van der Waals surface area contributed by atoms with Crippen molar-refractivity contribution < 1.29 is 9.53 Å². The third-order valence-electron chi connectivity index (χ3n) is 2.63. The topological polar surface area (TPSA) is 51.2 Å². The summed E-state index contributed by atoms with van der Waals surface area (Å²) in [6, 6.07) is 8.98. The van der Waals surface area contributed by atoms with Gasteiger partial charge in [-0.15, -0.1) is 0 Å². The number of hydrogen-bond donors (Lipinski definition) is 1. The molecule has 0 amide bonds. The molecule has 0 aliphatic heterocycles. The molecular formula is C14H13BrN2O2. The minimum Gasteiger partial charge on any atom is -0.465 e. The van der Waals surface area contributed by atoms with Crippen molar-refractivity contribution in [3.8, 4) is 0 Å². The first-order chi connectivity index (χ1) is 9.10. The van der Waals surface area contributed by atoms with Gasteiger partial charge in [-0.2, -0.15) is 0 Å². The molecule has 5 heteroatoms. The Hall–Kier alpha value is -1.88. The number of aryl methyl sites for hydroxylation is 1. The maximum Gasteiger partial charge on any atom is 0.337 e. The van der Waals surface area contributed by atoms with Crippen LogP contribution in [-0.4, -0.2) is 18.1 Å². The first-order valence-corrected chi connectivity index (χ1v) is 6.47. The molecule has 2 rings (SSSR count). The number of esters is 1. The molecule has 4 nitrogen and oxygen atoms in total. The summed E-state index contributed by atoms with van der Waals surface area (Å²) >= 11 is 3.41. The normalized spacial score (nSPS) is 10.1. The van der Waals surface area contributed by atoms with Crippen LogP contribution in [0.1, 0.15) is 15.9 Å². The van der Waals surface area contributed by atoms with Crippen molar-refractivity contribution in [3.05, 3.63) is 52.1 Å². The Morgan fingerprint density at radius 3 is 2.58 bits per heavy atom. The van der Waals surface area contributed by atoms with Crippen LogP contribution in [0, 0.1) is 6.92 Å². The Kier molecular flexibility index (Phi) is 4.16. The number of hydrogen-bond acceptors (Lipinski definition) is 4. The molecule has 1 aromatic carbocycles. The molecule has 1 heterocycles. The van der Waals surface area contributed by atoms with Gasteiger partial charge in [-0.1, -0.05) is 0 Å². The number of nitrogens with one attached hydrogen (secondary N) is 1. The molecule has 2 aromatic rings. The van der Waals surface area contributed by atoms with Crippen molar-refractivity contribution in [1.82, 2.24) is 4.98 Å². The Bertz CT molecular complexity index is 597. The van der Waals surface area contributed by atoms with Crippen LogP contribution < -0.4 is 5.32 Å². The molecular weight excluding hydrogens is 308 g/mol. The predicted octanol–water partition coefficient (Wildman–Crippen LogP) is 3.68. The van der Waals surface area contributed by atoms with Gasteiger partial charge in [0.05, 0.1) is 12.7 Å². The Morgan fingerprint density at radius 2 is 2.00 bits per heavy atom. The summed E-state index contributed by atoms with van der Waals surface area (Å²) in [7, 11) is 1.36. The number of benzene rings is 1. The van der Waals surface area contributed by atoms with Gasteiger partial charge in [0.2, 0.25) is 0 Å². The summed E-state index contributed by atoms with van der Waals surface area (Å²) < 4.78 is 5.62. The van der Waals surface area contributed by atoms with E-state index in [0.29, 0.717) is 5.56 Å².